The summed E-state index contributed by atoms with van der Waals surface area (Å²) in [7, 11) is 1.65. The van der Waals surface area contributed by atoms with E-state index in [4.69, 9.17) is 26.4 Å². The zero-order valence-corrected chi connectivity index (χ0v) is 12.9. The predicted octanol–water partition coefficient (Wildman–Crippen LogP) is 2.91. The SMILES string of the molecule is COc1ccc(CNC(=S)Nc2ccc3c(c2)OCO3)cc1. The minimum absolute atomic E-state index is 0.263. The van der Waals surface area contributed by atoms with Gasteiger partial charge in [0.2, 0.25) is 6.79 Å². The first-order chi connectivity index (χ1) is 10.7. The van der Waals surface area contributed by atoms with E-state index in [1.54, 1.807) is 7.11 Å². The van der Waals surface area contributed by atoms with Crippen molar-refractivity contribution < 1.29 is 14.2 Å². The number of thiocarbonyl (C=S) groups is 1. The highest BCUT2D eigenvalue weighted by molar-refractivity contribution is 7.80. The Balaban J connectivity index is 1.53. The van der Waals surface area contributed by atoms with Crippen LogP contribution < -0.4 is 24.8 Å². The third kappa shape index (κ3) is 3.40. The molecular weight excluding hydrogens is 300 g/mol. The Kier molecular flexibility index (Phi) is 4.29. The zero-order chi connectivity index (χ0) is 15.4. The summed E-state index contributed by atoms with van der Waals surface area (Å²) >= 11 is 5.29. The Labute approximate surface area is 134 Å². The summed E-state index contributed by atoms with van der Waals surface area (Å²) in [4.78, 5) is 0. The monoisotopic (exact) mass is 316 g/mol. The van der Waals surface area contributed by atoms with Crippen LogP contribution in [0.5, 0.6) is 17.2 Å². The molecule has 0 fully saturated rings. The van der Waals surface area contributed by atoms with Crippen LogP contribution in [0.4, 0.5) is 5.69 Å². The number of anilines is 1. The molecule has 0 aliphatic carbocycles. The molecule has 5 nitrogen and oxygen atoms in total. The fraction of sp³-hybridized carbons (Fsp3) is 0.188. The summed E-state index contributed by atoms with van der Waals surface area (Å²) in [6.45, 7) is 0.902. The summed E-state index contributed by atoms with van der Waals surface area (Å²) in [6.07, 6.45) is 0. The van der Waals surface area contributed by atoms with E-state index in [1.807, 2.05) is 42.5 Å². The molecule has 0 saturated carbocycles. The Morgan fingerprint density at radius 2 is 1.91 bits per heavy atom. The van der Waals surface area contributed by atoms with Crippen molar-refractivity contribution in [3.8, 4) is 17.2 Å². The van der Waals surface area contributed by atoms with Crippen LogP contribution in [0.2, 0.25) is 0 Å². The van der Waals surface area contributed by atoms with Gasteiger partial charge in [-0.05, 0) is 42.0 Å². The standard InChI is InChI=1S/C16H16N2O3S/c1-19-13-5-2-11(3-6-13)9-17-16(22)18-12-4-7-14-15(8-12)21-10-20-14/h2-8H,9-10H2,1H3,(H2,17,18,22). The molecule has 22 heavy (non-hydrogen) atoms. The number of benzene rings is 2. The van der Waals surface area contributed by atoms with Gasteiger partial charge < -0.3 is 24.8 Å². The van der Waals surface area contributed by atoms with Gasteiger partial charge >= 0.3 is 0 Å². The summed E-state index contributed by atoms with van der Waals surface area (Å²) in [5.41, 5.74) is 1.98. The fourth-order valence-corrected chi connectivity index (χ4v) is 2.27. The maximum atomic E-state index is 5.33. The smallest absolute Gasteiger partial charge is 0.231 e. The molecule has 114 valence electrons. The molecule has 0 bridgehead atoms. The minimum Gasteiger partial charge on any atom is -0.497 e. The van der Waals surface area contributed by atoms with Crippen molar-refractivity contribution >= 4 is 23.0 Å². The first-order valence-electron chi connectivity index (χ1n) is 6.82. The maximum Gasteiger partial charge on any atom is 0.231 e. The second-order valence-corrected chi connectivity index (χ2v) is 5.13. The average Bonchev–Trinajstić information content (AvgIpc) is 3.01. The van der Waals surface area contributed by atoms with E-state index in [-0.39, 0.29) is 6.79 Å². The second-order valence-electron chi connectivity index (χ2n) is 4.72. The molecule has 0 spiro atoms. The molecule has 0 atom stereocenters. The molecule has 2 N–H and O–H groups in total. The lowest BCUT2D eigenvalue weighted by Crippen LogP contribution is -2.27. The van der Waals surface area contributed by atoms with E-state index >= 15 is 0 Å². The van der Waals surface area contributed by atoms with Gasteiger partial charge in [-0.15, -0.1) is 0 Å². The third-order valence-electron chi connectivity index (χ3n) is 3.24. The van der Waals surface area contributed by atoms with Gasteiger partial charge in [-0.1, -0.05) is 12.1 Å². The lowest BCUT2D eigenvalue weighted by atomic mass is 10.2. The van der Waals surface area contributed by atoms with Crippen molar-refractivity contribution in [2.24, 2.45) is 0 Å². The van der Waals surface area contributed by atoms with Gasteiger partial charge in [0.15, 0.2) is 16.6 Å². The molecule has 3 rings (SSSR count). The number of hydrogen-bond donors (Lipinski definition) is 2. The van der Waals surface area contributed by atoms with Crippen LogP contribution in [0.1, 0.15) is 5.56 Å². The van der Waals surface area contributed by atoms with Gasteiger partial charge in [-0.25, -0.2) is 0 Å². The van der Waals surface area contributed by atoms with Crippen molar-refractivity contribution in [2.75, 3.05) is 19.2 Å². The molecule has 0 radical (unpaired) electrons. The predicted molar refractivity (Wildman–Crippen MR) is 88.6 cm³/mol. The number of methoxy groups -OCH3 is 1. The maximum absolute atomic E-state index is 5.33. The van der Waals surface area contributed by atoms with E-state index in [0.717, 1.165) is 28.5 Å². The van der Waals surface area contributed by atoms with Gasteiger partial charge in [-0.3, -0.25) is 0 Å². The molecule has 2 aromatic rings. The summed E-state index contributed by atoms with van der Waals surface area (Å²) in [5, 5.41) is 6.84. The lowest BCUT2D eigenvalue weighted by molar-refractivity contribution is 0.174. The van der Waals surface area contributed by atoms with Gasteiger partial charge in [0.05, 0.1) is 7.11 Å². The molecule has 1 aliphatic heterocycles. The number of fused-ring (bicyclic) bond motifs is 1. The Morgan fingerprint density at radius 3 is 2.68 bits per heavy atom. The van der Waals surface area contributed by atoms with Gasteiger partial charge in [0.25, 0.3) is 0 Å². The minimum atomic E-state index is 0.263. The summed E-state index contributed by atoms with van der Waals surface area (Å²) in [5.74, 6) is 2.32. The lowest BCUT2D eigenvalue weighted by Gasteiger charge is -2.11. The Morgan fingerprint density at radius 1 is 1.14 bits per heavy atom. The highest BCUT2D eigenvalue weighted by Crippen LogP contribution is 2.34. The Hall–Kier alpha value is -2.47. The van der Waals surface area contributed by atoms with Crippen LogP contribution in [-0.2, 0) is 6.54 Å². The number of nitrogens with one attached hydrogen (secondary N) is 2. The zero-order valence-electron chi connectivity index (χ0n) is 12.1. The van der Waals surface area contributed by atoms with Crippen molar-refractivity contribution in [1.82, 2.24) is 5.32 Å². The third-order valence-corrected chi connectivity index (χ3v) is 3.49. The quantitative estimate of drug-likeness (QED) is 0.846. The molecule has 0 saturated heterocycles. The van der Waals surface area contributed by atoms with Crippen LogP contribution in [0.25, 0.3) is 0 Å². The van der Waals surface area contributed by atoms with Crippen LogP contribution in [0, 0.1) is 0 Å². The van der Waals surface area contributed by atoms with E-state index < -0.39 is 0 Å². The highest BCUT2D eigenvalue weighted by atomic mass is 32.1. The van der Waals surface area contributed by atoms with E-state index in [1.165, 1.54) is 0 Å². The largest absolute Gasteiger partial charge is 0.497 e. The summed E-state index contributed by atoms with van der Waals surface area (Å²) < 4.78 is 15.7. The van der Waals surface area contributed by atoms with Crippen molar-refractivity contribution in [1.29, 1.82) is 0 Å². The van der Waals surface area contributed by atoms with Crippen molar-refractivity contribution in [3.05, 3.63) is 48.0 Å². The second kappa shape index (κ2) is 6.53. The number of ether oxygens (including phenoxy) is 3. The molecule has 1 heterocycles. The van der Waals surface area contributed by atoms with Crippen LogP contribution in [-0.4, -0.2) is 19.0 Å². The van der Waals surface area contributed by atoms with E-state index in [9.17, 15) is 0 Å². The average molecular weight is 316 g/mol. The van der Waals surface area contributed by atoms with Crippen LogP contribution in [0.3, 0.4) is 0 Å². The molecule has 0 aromatic heterocycles. The Bertz CT molecular complexity index is 674. The number of rotatable bonds is 4. The molecule has 1 aliphatic rings. The fourth-order valence-electron chi connectivity index (χ4n) is 2.08. The molecule has 6 heteroatoms. The molecule has 2 aromatic carbocycles. The van der Waals surface area contributed by atoms with Crippen LogP contribution in [0.15, 0.2) is 42.5 Å². The van der Waals surface area contributed by atoms with E-state index in [2.05, 4.69) is 10.6 Å². The van der Waals surface area contributed by atoms with Gasteiger partial charge in [-0.2, -0.15) is 0 Å². The first-order valence-corrected chi connectivity index (χ1v) is 7.23. The van der Waals surface area contributed by atoms with Crippen molar-refractivity contribution in [2.45, 2.75) is 6.54 Å². The molecule has 0 unspecified atom stereocenters. The number of hydrogen-bond acceptors (Lipinski definition) is 4. The highest BCUT2D eigenvalue weighted by Gasteiger charge is 2.13. The topological polar surface area (TPSA) is 51.8 Å². The molecule has 0 amide bonds. The van der Waals surface area contributed by atoms with Gasteiger partial charge in [0.1, 0.15) is 5.75 Å². The molecular formula is C16H16N2O3S. The van der Waals surface area contributed by atoms with E-state index in [0.29, 0.717) is 11.7 Å². The van der Waals surface area contributed by atoms with Crippen molar-refractivity contribution in [3.63, 3.8) is 0 Å². The van der Waals surface area contributed by atoms with Gasteiger partial charge in [0, 0.05) is 18.3 Å². The van der Waals surface area contributed by atoms with Crippen LogP contribution >= 0.6 is 12.2 Å². The normalized spacial score (nSPS) is 11.9. The first kappa shape index (κ1) is 14.5. The summed E-state index contributed by atoms with van der Waals surface area (Å²) in [6, 6.07) is 13.5.